The predicted molar refractivity (Wildman–Crippen MR) is 74.3 cm³/mol. The molecule has 0 atom stereocenters. The maximum Gasteiger partial charge on any atom is 0.343 e. The highest BCUT2D eigenvalue weighted by molar-refractivity contribution is 5.94. The number of nitrogens with one attached hydrogen (secondary N) is 2. The van der Waals surface area contributed by atoms with Gasteiger partial charge in [-0.1, -0.05) is 0 Å². The van der Waals surface area contributed by atoms with Gasteiger partial charge in [0, 0.05) is 5.56 Å². The molecule has 0 fully saturated rings. The molecule has 0 saturated heterocycles. The van der Waals surface area contributed by atoms with Crippen LogP contribution in [0.2, 0.25) is 0 Å². The van der Waals surface area contributed by atoms with Gasteiger partial charge < -0.3 is 9.84 Å². The standard InChI is InChI=1S/C14H16N2O4/c1-7(2)20-10-5-4-9(6-8(10)3)12-11(14(18)19)13(17)16-15-12/h4-7H,1-3H3,(H,18,19)(H2,15,16,17). The van der Waals surface area contributed by atoms with Gasteiger partial charge in [-0.15, -0.1) is 0 Å². The number of carboxylic acids is 1. The summed E-state index contributed by atoms with van der Waals surface area (Å²) in [5, 5.41) is 14.0. The molecule has 0 radical (unpaired) electrons. The van der Waals surface area contributed by atoms with Gasteiger partial charge in [-0.25, -0.2) is 4.79 Å². The van der Waals surface area contributed by atoms with Crippen molar-refractivity contribution in [3.05, 3.63) is 39.7 Å². The van der Waals surface area contributed by atoms with Gasteiger partial charge in [0.2, 0.25) is 0 Å². The molecule has 2 aromatic rings. The van der Waals surface area contributed by atoms with E-state index in [-0.39, 0.29) is 17.4 Å². The molecule has 0 spiro atoms. The molecule has 106 valence electrons. The van der Waals surface area contributed by atoms with Crippen LogP contribution in [-0.2, 0) is 0 Å². The lowest BCUT2D eigenvalue weighted by Gasteiger charge is -2.13. The fraction of sp³-hybridized carbons (Fsp3) is 0.286. The molecule has 1 aromatic heterocycles. The van der Waals surface area contributed by atoms with Crippen molar-refractivity contribution in [3.63, 3.8) is 0 Å². The number of H-pyrrole nitrogens is 2. The third-order valence-corrected chi connectivity index (χ3v) is 2.82. The number of carbonyl (C=O) groups is 1. The molecule has 2 rings (SSSR count). The number of aromatic nitrogens is 2. The molecule has 20 heavy (non-hydrogen) atoms. The lowest BCUT2D eigenvalue weighted by molar-refractivity contribution is 0.0696. The van der Waals surface area contributed by atoms with Gasteiger partial charge in [0.15, 0.2) is 5.56 Å². The minimum Gasteiger partial charge on any atom is -0.491 e. The van der Waals surface area contributed by atoms with Crippen LogP contribution in [0.1, 0.15) is 29.8 Å². The molecule has 0 aliphatic rings. The van der Waals surface area contributed by atoms with Crippen LogP contribution in [0, 0.1) is 6.92 Å². The van der Waals surface area contributed by atoms with Crippen molar-refractivity contribution >= 4 is 5.97 Å². The zero-order valence-electron chi connectivity index (χ0n) is 11.5. The van der Waals surface area contributed by atoms with Crippen molar-refractivity contribution in [2.45, 2.75) is 26.9 Å². The van der Waals surface area contributed by atoms with Crippen molar-refractivity contribution in [3.8, 4) is 17.0 Å². The van der Waals surface area contributed by atoms with E-state index in [4.69, 9.17) is 9.84 Å². The quantitative estimate of drug-likeness (QED) is 0.797. The fourth-order valence-corrected chi connectivity index (χ4v) is 1.97. The second kappa shape index (κ2) is 5.24. The maximum atomic E-state index is 11.5. The highest BCUT2D eigenvalue weighted by atomic mass is 16.5. The van der Waals surface area contributed by atoms with Crippen LogP contribution in [-0.4, -0.2) is 27.4 Å². The second-order valence-electron chi connectivity index (χ2n) is 4.78. The molecule has 6 nitrogen and oxygen atoms in total. The highest BCUT2D eigenvalue weighted by Crippen LogP contribution is 2.26. The summed E-state index contributed by atoms with van der Waals surface area (Å²) in [6.45, 7) is 5.73. The van der Waals surface area contributed by atoms with Crippen LogP contribution in [0.4, 0.5) is 0 Å². The monoisotopic (exact) mass is 276 g/mol. The SMILES string of the molecule is Cc1cc(-c2[nH][nH]c(=O)c2C(=O)O)ccc1OC(C)C. The van der Waals surface area contributed by atoms with E-state index in [1.807, 2.05) is 20.8 Å². The summed E-state index contributed by atoms with van der Waals surface area (Å²) in [6.07, 6.45) is 0.0567. The minimum absolute atomic E-state index is 0.0567. The molecule has 0 aliphatic heterocycles. The highest BCUT2D eigenvalue weighted by Gasteiger charge is 2.19. The molecule has 3 N–H and O–H groups in total. The van der Waals surface area contributed by atoms with E-state index in [0.717, 1.165) is 11.3 Å². The van der Waals surface area contributed by atoms with E-state index in [2.05, 4.69) is 10.2 Å². The summed E-state index contributed by atoms with van der Waals surface area (Å²) in [6, 6.07) is 5.27. The molecule has 0 unspecified atom stereocenters. The summed E-state index contributed by atoms with van der Waals surface area (Å²) < 4.78 is 5.62. The molecule has 1 heterocycles. The van der Waals surface area contributed by atoms with Crippen LogP contribution >= 0.6 is 0 Å². The van der Waals surface area contributed by atoms with Crippen LogP contribution in [0.25, 0.3) is 11.3 Å². The fourth-order valence-electron chi connectivity index (χ4n) is 1.97. The number of aromatic carboxylic acids is 1. The number of hydrogen-bond acceptors (Lipinski definition) is 3. The predicted octanol–water partition coefficient (Wildman–Crippen LogP) is 2.16. The normalized spacial score (nSPS) is 10.8. The summed E-state index contributed by atoms with van der Waals surface area (Å²) in [4.78, 5) is 22.6. The Kier molecular flexibility index (Phi) is 3.65. The Morgan fingerprint density at radius 2 is 2.00 bits per heavy atom. The number of aryl methyl sites for hydroxylation is 1. The summed E-state index contributed by atoms with van der Waals surface area (Å²) in [5.74, 6) is -0.527. The first kappa shape index (κ1) is 13.9. The van der Waals surface area contributed by atoms with E-state index >= 15 is 0 Å². The topological polar surface area (TPSA) is 95.2 Å². The van der Waals surface area contributed by atoms with E-state index in [1.165, 1.54) is 0 Å². The van der Waals surface area contributed by atoms with Gasteiger partial charge in [-0.2, -0.15) is 0 Å². The van der Waals surface area contributed by atoms with E-state index in [1.54, 1.807) is 18.2 Å². The number of ether oxygens (including phenoxy) is 1. The molecule has 0 saturated carbocycles. The number of carboxylic acid groups (broad SMARTS) is 1. The number of benzene rings is 1. The molecule has 0 aliphatic carbocycles. The first-order chi connectivity index (χ1) is 9.40. The van der Waals surface area contributed by atoms with Crippen molar-refractivity contribution in [1.82, 2.24) is 10.2 Å². The Labute approximate surface area is 115 Å². The third-order valence-electron chi connectivity index (χ3n) is 2.82. The van der Waals surface area contributed by atoms with Gasteiger partial charge in [0.05, 0.1) is 11.8 Å². The Balaban J connectivity index is 2.47. The number of hydrogen-bond donors (Lipinski definition) is 3. The van der Waals surface area contributed by atoms with Gasteiger partial charge in [0.1, 0.15) is 5.75 Å². The second-order valence-corrected chi connectivity index (χ2v) is 4.78. The summed E-state index contributed by atoms with van der Waals surface area (Å²) >= 11 is 0. The Morgan fingerprint density at radius 1 is 1.30 bits per heavy atom. The van der Waals surface area contributed by atoms with Crippen molar-refractivity contribution in [1.29, 1.82) is 0 Å². The van der Waals surface area contributed by atoms with Gasteiger partial charge in [0.25, 0.3) is 5.56 Å². The van der Waals surface area contributed by atoms with Crippen LogP contribution in [0.15, 0.2) is 23.0 Å². The summed E-state index contributed by atoms with van der Waals surface area (Å²) in [5.41, 5.74) is 0.820. The average Bonchev–Trinajstić information content (AvgIpc) is 2.73. The van der Waals surface area contributed by atoms with Crippen LogP contribution in [0.5, 0.6) is 5.75 Å². The van der Waals surface area contributed by atoms with Gasteiger partial charge in [-0.3, -0.25) is 15.0 Å². The first-order valence-corrected chi connectivity index (χ1v) is 6.21. The molecular weight excluding hydrogens is 260 g/mol. The molecule has 6 heteroatoms. The van der Waals surface area contributed by atoms with Gasteiger partial charge >= 0.3 is 5.97 Å². The van der Waals surface area contributed by atoms with Crippen LogP contribution in [0.3, 0.4) is 0 Å². The molecular formula is C14H16N2O4. The summed E-state index contributed by atoms with van der Waals surface area (Å²) in [7, 11) is 0. The molecule has 1 aromatic carbocycles. The maximum absolute atomic E-state index is 11.5. The first-order valence-electron chi connectivity index (χ1n) is 6.21. The number of aromatic amines is 2. The lowest BCUT2D eigenvalue weighted by Crippen LogP contribution is -2.12. The van der Waals surface area contributed by atoms with E-state index in [9.17, 15) is 9.59 Å². The zero-order chi connectivity index (χ0) is 14.9. The Morgan fingerprint density at radius 3 is 2.55 bits per heavy atom. The largest absolute Gasteiger partial charge is 0.491 e. The number of rotatable bonds is 4. The Bertz CT molecular complexity index is 697. The van der Waals surface area contributed by atoms with E-state index < -0.39 is 11.5 Å². The van der Waals surface area contributed by atoms with Crippen molar-refractivity contribution in [2.75, 3.05) is 0 Å². The zero-order valence-corrected chi connectivity index (χ0v) is 11.5. The minimum atomic E-state index is -1.26. The Hall–Kier alpha value is -2.50. The smallest absolute Gasteiger partial charge is 0.343 e. The van der Waals surface area contributed by atoms with E-state index in [0.29, 0.717) is 5.56 Å². The lowest BCUT2D eigenvalue weighted by atomic mass is 10.0. The van der Waals surface area contributed by atoms with Crippen LogP contribution < -0.4 is 10.3 Å². The van der Waals surface area contributed by atoms with Crippen molar-refractivity contribution in [2.24, 2.45) is 0 Å². The third kappa shape index (κ3) is 2.59. The molecule has 0 amide bonds. The molecule has 0 bridgehead atoms. The van der Waals surface area contributed by atoms with Crippen molar-refractivity contribution < 1.29 is 14.6 Å². The van der Waals surface area contributed by atoms with Gasteiger partial charge in [-0.05, 0) is 44.5 Å². The average molecular weight is 276 g/mol.